The van der Waals surface area contributed by atoms with Crippen LogP contribution in [0.3, 0.4) is 0 Å². The number of hydrogen-bond donors (Lipinski definition) is 3. The van der Waals surface area contributed by atoms with Crippen molar-refractivity contribution in [1.82, 2.24) is 20.5 Å². The van der Waals surface area contributed by atoms with Gasteiger partial charge in [-0.1, -0.05) is 0 Å². The van der Waals surface area contributed by atoms with Crippen LogP contribution in [0.15, 0.2) is 18.5 Å². The fraction of sp³-hybridized carbons (Fsp3) is 0.182. The zero-order valence-electron chi connectivity index (χ0n) is 9.82. The number of hydrogen-bond acceptors (Lipinski definition) is 4. The molecular weight excluding hydrogens is 474 g/mol. The lowest BCUT2D eigenvalue weighted by Crippen LogP contribution is -2.27. The van der Waals surface area contributed by atoms with Crippen molar-refractivity contribution < 1.29 is 9.90 Å². The van der Waals surface area contributed by atoms with E-state index in [9.17, 15) is 9.90 Å². The second-order valence-electron chi connectivity index (χ2n) is 3.85. The van der Waals surface area contributed by atoms with E-state index in [0.717, 1.165) is 3.57 Å². The Morgan fingerprint density at radius 2 is 2.21 bits per heavy atom. The summed E-state index contributed by atoms with van der Waals surface area (Å²) in [6.07, 6.45) is 1.38. The first-order chi connectivity index (χ1) is 8.99. The van der Waals surface area contributed by atoms with Gasteiger partial charge in [-0.15, -0.1) is 0 Å². The van der Waals surface area contributed by atoms with Gasteiger partial charge >= 0.3 is 0 Å². The molecule has 0 radical (unpaired) electrons. The van der Waals surface area contributed by atoms with Gasteiger partial charge in [0.15, 0.2) is 0 Å². The molecule has 3 N–H and O–H groups in total. The van der Waals surface area contributed by atoms with Gasteiger partial charge in [-0.3, -0.25) is 9.89 Å². The monoisotopic (exact) mass is 484 g/mol. The maximum absolute atomic E-state index is 12.1. The number of benzene rings is 1. The van der Waals surface area contributed by atoms with Gasteiger partial charge in [0.2, 0.25) is 0 Å². The SMILES string of the molecule is CC(NC(=O)c1cc(I)cc(I)c1O)c1ncn[nH]1. The Hall–Kier alpha value is -0.910. The first kappa shape index (κ1) is 14.5. The highest BCUT2D eigenvalue weighted by atomic mass is 127. The second-order valence-corrected chi connectivity index (χ2v) is 6.26. The number of rotatable bonds is 3. The van der Waals surface area contributed by atoms with Crippen molar-refractivity contribution in [2.75, 3.05) is 0 Å². The van der Waals surface area contributed by atoms with E-state index in [1.165, 1.54) is 6.33 Å². The van der Waals surface area contributed by atoms with Crippen molar-refractivity contribution in [3.63, 3.8) is 0 Å². The molecule has 1 amide bonds. The summed E-state index contributed by atoms with van der Waals surface area (Å²) in [5.41, 5.74) is 0.252. The molecule has 1 unspecified atom stereocenters. The molecule has 0 saturated carbocycles. The molecule has 1 atom stereocenters. The number of nitrogens with zero attached hydrogens (tertiary/aromatic N) is 2. The van der Waals surface area contributed by atoms with Gasteiger partial charge in [0.1, 0.15) is 17.9 Å². The Morgan fingerprint density at radius 3 is 2.84 bits per heavy atom. The van der Waals surface area contributed by atoms with Crippen LogP contribution in [0.1, 0.15) is 29.1 Å². The predicted octanol–water partition coefficient (Wildman–Crippen LogP) is 2.21. The van der Waals surface area contributed by atoms with Crippen molar-refractivity contribution >= 4 is 51.1 Å². The molecule has 0 aliphatic rings. The van der Waals surface area contributed by atoms with Crippen molar-refractivity contribution in [2.45, 2.75) is 13.0 Å². The molecule has 0 fully saturated rings. The molecule has 6 nitrogen and oxygen atoms in total. The van der Waals surface area contributed by atoms with Crippen LogP contribution in [-0.4, -0.2) is 26.2 Å². The molecule has 0 aliphatic heterocycles. The van der Waals surface area contributed by atoms with Crippen molar-refractivity contribution in [2.24, 2.45) is 0 Å². The van der Waals surface area contributed by atoms with E-state index >= 15 is 0 Å². The summed E-state index contributed by atoms with van der Waals surface area (Å²) >= 11 is 4.09. The maximum Gasteiger partial charge on any atom is 0.255 e. The molecule has 0 bridgehead atoms. The van der Waals surface area contributed by atoms with E-state index in [0.29, 0.717) is 9.39 Å². The number of aromatic amines is 1. The molecule has 2 rings (SSSR count). The fourth-order valence-corrected chi connectivity index (χ4v) is 3.35. The number of carbonyl (C=O) groups excluding carboxylic acids is 1. The Bertz CT molecular complexity index is 601. The number of amides is 1. The summed E-state index contributed by atoms with van der Waals surface area (Å²) in [4.78, 5) is 16.1. The van der Waals surface area contributed by atoms with Gasteiger partial charge in [0.05, 0.1) is 15.2 Å². The lowest BCUT2D eigenvalue weighted by atomic mass is 10.1. The van der Waals surface area contributed by atoms with E-state index in [2.05, 4.69) is 43.1 Å². The van der Waals surface area contributed by atoms with Crippen LogP contribution in [0, 0.1) is 7.14 Å². The molecular formula is C11H10I2N4O2. The van der Waals surface area contributed by atoms with Crippen LogP contribution in [0.2, 0.25) is 0 Å². The molecule has 0 spiro atoms. The van der Waals surface area contributed by atoms with Gasteiger partial charge in [0.25, 0.3) is 5.91 Å². The standard InChI is InChI=1S/C11H10I2N4O2/c1-5(10-14-4-15-17-10)16-11(19)7-2-6(12)3-8(13)9(7)18/h2-5,18H,1H3,(H,16,19)(H,14,15,17). The van der Waals surface area contributed by atoms with E-state index < -0.39 is 0 Å². The minimum Gasteiger partial charge on any atom is -0.506 e. The van der Waals surface area contributed by atoms with Crippen molar-refractivity contribution in [1.29, 1.82) is 0 Å². The highest BCUT2D eigenvalue weighted by Gasteiger charge is 2.18. The number of carbonyl (C=O) groups is 1. The summed E-state index contributed by atoms with van der Waals surface area (Å²) in [6.45, 7) is 1.79. The van der Waals surface area contributed by atoms with Crippen LogP contribution in [0.4, 0.5) is 0 Å². The first-order valence-corrected chi connectivity index (χ1v) is 7.49. The number of aromatic hydroxyl groups is 1. The Kier molecular flexibility index (Phi) is 4.60. The number of phenolic OH excluding ortho intramolecular Hbond substituents is 1. The molecule has 1 aromatic heterocycles. The van der Waals surface area contributed by atoms with E-state index in [4.69, 9.17) is 0 Å². The van der Waals surface area contributed by atoms with Crippen LogP contribution in [-0.2, 0) is 0 Å². The topological polar surface area (TPSA) is 90.9 Å². The summed E-state index contributed by atoms with van der Waals surface area (Å²) in [5.74, 6) is 0.203. The highest BCUT2D eigenvalue weighted by Crippen LogP contribution is 2.27. The van der Waals surface area contributed by atoms with Crippen LogP contribution >= 0.6 is 45.2 Å². The average molecular weight is 484 g/mol. The van der Waals surface area contributed by atoms with Gasteiger partial charge in [-0.2, -0.15) is 5.10 Å². The van der Waals surface area contributed by atoms with Gasteiger partial charge in [-0.05, 0) is 64.2 Å². The highest BCUT2D eigenvalue weighted by molar-refractivity contribution is 14.1. The lowest BCUT2D eigenvalue weighted by molar-refractivity contribution is 0.0935. The summed E-state index contributed by atoms with van der Waals surface area (Å²) < 4.78 is 1.53. The molecule has 0 aliphatic carbocycles. The molecule has 1 heterocycles. The number of nitrogens with one attached hydrogen (secondary N) is 2. The molecule has 8 heteroatoms. The van der Waals surface area contributed by atoms with Gasteiger partial charge in [-0.25, -0.2) is 4.98 Å². The summed E-state index contributed by atoms with van der Waals surface area (Å²) in [5, 5.41) is 19.1. The Balaban J connectivity index is 2.21. The zero-order chi connectivity index (χ0) is 14.0. The Morgan fingerprint density at radius 1 is 1.47 bits per heavy atom. The van der Waals surface area contributed by atoms with Gasteiger partial charge in [0, 0.05) is 3.57 Å². The third-order valence-electron chi connectivity index (χ3n) is 2.46. The number of H-pyrrole nitrogens is 1. The molecule has 19 heavy (non-hydrogen) atoms. The number of aromatic nitrogens is 3. The quantitative estimate of drug-likeness (QED) is 0.584. The van der Waals surface area contributed by atoms with Crippen molar-refractivity contribution in [3.05, 3.63) is 37.0 Å². The van der Waals surface area contributed by atoms with Crippen LogP contribution < -0.4 is 5.32 Å². The second kappa shape index (κ2) is 6.03. The number of phenols is 1. The van der Waals surface area contributed by atoms with E-state index in [1.54, 1.807) is 19.1 Å². The minimum absolute atomic E-state index is 0.0108. The number of halogens is 2. The first-order valence-electron chi connectivity index (χ1n) is 5.33. The molecule has 100 valence electrons. The van der Waals surface area contributed by atoms with E-state index in [-0.39, 0.29) is 23.3 Å². The Labute approximate surface area is 136 Å². The third-order valence-corrected chi connectivity index (χ3v) is 3.91. The van der Waals surface area contributed by atoms with Crippen LogP contribution in [0.25, 0.3) is 0 Å². The minimum atomic E-state index is -0.349. The summed E-state index contributed by atoms with van der Waals surface area (Å²) in [7, 11) is 0. The summed E-state index contributed by atoms with van der Waals surface area (Å²) in [6, 6.07) is 3.12. The fourth-order valence-electron chi connectivity index (χ4n) is 1.51. The molecule has 2 aromatic rings. The lowest BCUT2D eigenvalue weighted by Gasteiger charge is -2.12. The smallest absolute Gasteiger partial charge is 0.255 e. The average Bonchev–Trinajstić information content (AvgIpc) is 2.87. The zero-order valence-corrected chi connectivity index (χ0v) is 14.1. The molecule has 0 saturated heterocycles. The van der Waals surface area contributed by atoms with Gasteiger partial charge < -0.3 is 10.4 Å². The normalized spacial score (nSPS) is 12.2. The third kappa shape index (κ3) is 3.35. The maximum atomic E-state index is 12.1. The van der Waals surface area contributed by atoms with E-state index in [1.807, 2.05) is 22.6 Å². The van der Waals surface area contributed by atoms with Crippen LogP contribution in [0.5, 0.6) is 5.75 Å². The predicted molar refractivity (Wildman–Crippen MR) is 85.8 cm³/mol. The van der Waals surface area contributed by atoms with Crippen molar-refractivity contribution in [3.8, 4) is 5.75 Å². The molecule has 1 aromatic carbocycles. The largest absolute Gasteiger partial charge is 0.506 e.